The van der Waals surface area contributed by atoms with Gasteiger partial charge in [0.25, 0.3) is 5.91 Å². The Kier molecular flexibility index (Phi) is 7.24. The largest absolute Gasteiger partial charge is 0.462 e. The monoisotopic (exact) mass is 452 g/mol. The van der Waals surface area contributed by atoms with Crippen LogP contribution in [0.3, 0.4) is 0 Å². The van der Waals surface area contributed by atoms with Crippen molar-refractivity contribution in [3.8, 4) is 0 Å². The second kappa shape index (κ2) is 9.69. The number of likely N-dealkylation sites (N-methyl/N-ethyl adjacent to an activating group) is 1. The highest BCUT2D eigenvalue weighted by Gasteiger charge is 2.26. The van der Waals surface area contributed by atoms with Gasteiger partial charge in [0, 0.05) is 25.8 Å². The van der Waals surface area contributed by atoms with E-state index in [9.17, 15) is 18.0 Å². The molecule has 0 saturated carbocycles. The van der Waals surface area contributed by atoms with Crippen LogP contribution in [0.1, 0.15) is 40.5 Å². The maximum Gasteiger partial charge on any atom is 0.341 e. The second-order valence-electron chi connectivity index (χ2n) is 6.78. The highest BCUT2D eigenvalue weighted by Crippen LogP contribution is 2.25. The summed E-state index contributed by atoms with van der Waals surface area (Å²) in [5.41, 5.74) is 0.559. The summed E-state index contributed by atoms with van der Waals surface area (Å²) in [5, 5.41) is 4.74. The number of benzene rings is 1. The Labute approximate surface area is 179 Å². The molecule has 0 radical (unpaired) electrons. The maximum absolute atomic E-state index is 12.8. The Morgan fingerprint density at radius 2 is 2.00 bits per heavy atom. The summed E-state index contributed by atoms with van der Waals surface area (Å²) < 4.78 is 37.3. The van der Waals surface area contributed by atoms with Crippen molar-refractivity contribution in [1.29, 1.82) is 0 Å². The van der Waals surface area contributed by atoms with Crippen molar-refractivity contribution in [2.75, 3.05) is 32.1 Å². The van der Waals surface area contributed by atoms with Crippen molar-refractivity contribution in [2.45, 2.75) is 30.8 Å². The smallest absolute Gasteiger partial charge is 0.341 e. The molecule has 10 heteroatoms. The summed E-state index contributed by atoms with van der Waals surface area (Å²) in [6.07, 6.45) is 1.69. The van der Waals surface area contributed by atoms with Crippen LogP contribution in [0.5, 0.6) is 0 Å². The molecule has 1 saturated heterocycles. The molecule has 8 nitrogen and oxygen atoms in total. The minimum absolute atomic E-state index is 0.0887. The Morgan fingerprint density at radius 3 is 2.63 bits per heavy atom. The summed E-state index contributed by atoms with van der Waals surface area (Å²) in [6.45, 7) is 2.89. The third-order valence-electron chi connectivity index (χ3n) is 4.70. The van der Waals surface area contributed by atoms with Gasteiger partial charge in [-0.25, -0.2) is 13.2 Å². The van der Waals surface area contributed by atoms with Gasteiger partial charge in [0.15, 0.2) is 0 Å². The SMILES string of the molecule is CCOC(=O)c1ccsc1NC(=O)c1ccc(S(=O)(=O)N(C)CC2CCCO2)cc1. The van der Waals surface area contributed by atoms with Gasteiger partial charge in [0.1, 0.15) is 5.00 Å². The molecule has 2 heterocycles. The van der Waals surface area contributed by atoms with Crippen molar-refractivity contribution in [3.05, 3.63) is 46.8 Å². The van der Waals surface area contributed by atoms with Gasteiger partial charge in [-0.15, -0.1) is 11.3 Å². The van der Waals surface area contributed by atoms with E-state index in [0.717, 1.165) is 12.8 Å². The van der Waals surface area contributed by atoms with Gasteiger partial charge in [-0.1, -0.05) is 0 Å². The average molecular weight is 453 g/mol. The van der Waals surface area contributed by atoms with Gasteiger partial charge >= 0.3 is 5.97 Å². The number of hydrogen-bond donors (Lipinski definition) is 1. The predicted molar refractivity (Wildman–Crippen MR) is 113 cm³/mol. The summed E-state index contributed by atoms with van der Waals surface area (Å²) in [4.78, 5) is 24.6. The summed E-state index contributed by atoms with van der Waals surface area (Å²) >= 11 is 1.21. The molecule has 1 atom stereocenters. The minimum atomic E-state index is -3.68. The number of nitrogens with one attached hydrogen (secondary N) is 1. The molecule has 0 aliphatic carbocycles. The molecule has 1 N–H and O–H groups in total. The lowest BCUT2D eigenvalue weighted by Gasteiger charge is -2.20. The van der Waals surface area contributed by atoms with E-state index in [1.807, 2.05) is 0 Å². The molecule has 1 unspecified atom stereocenters. The van der Waals surface area contributed by atoms with E-state index in [-0.39, 0.29) is 28.7 Å². The Morgan fingerprint density at radius 1 is 1.27 bits per heavy atom. The van der Waals surface area contributed by atoms with E-state index in [2.05, 4.69) is 5.32 Å². The van der Waals surface area contributed by atoms with Gasteiger partial charge in [0.2, 0.25) is 10.0 Å². The van der Waals surface area contributed by atoms with Crippen LogP contribution in [0.4, 0.5) is 5.00 Å². The standard InChI is InChI=1S/C20H24N2O6S2/c1-3-27-20(24)17-10-12-29-19(17)21-18(23)14-6-8-16(9-7-14)30(25,26)22(2)13-15-5-4-11-28-15/h6-10,12,15H,3-5,11,13H2,1-2H3,(H,21,23). The van der Waals surface area contributed by atoms with Crippen LogP contribution in [0.25, 0.3) is 0 Å². The molecular weight excluding hydrogens is 428 g/mol. The molecule has 162 valence electrons. The molecular formula is C20H24N2O6S2. The molecule has 1 aromatic carbocycles. The van der Waals surface area contributed by atoms with Crippen LogP contribution in [-0.2, 0) is 19.5 Å². The average Bonchev–Trinajstić information content (AvgIpc) is 3.40. The first kappa shape index (κ1) is 22.4. The summed E-state index contributed by atoms with van der Waals surface area (Å²) in [6, 6.07) is 7.27. The van der Waals surface area contributed by atoms with Crippen molar-refractivity contribution in [3.63, 3.8) is 0 Å². The first-order valence-corrected chi connectivity index (χ1v) is 11.9. The molecule has 1 fully saturated rings. The highest BCUT2D eigenvalue weighted by atomic mass is 32.2. The first-order valence-electron chi connectivity index (χ1n) is 9.57. The Balaban J connectivity index is 1.68. The summed E-state index contributed by atoms with van der Waals surface area (Å²) in [7, 11) is -2.16. The van der Waals surface area contributed by atoms with Crippen molar-refractivity contribution >= 4 is 38.2 Å². The number of ether oxygens (including phenoxy) is 2. The number of thiophene rings is 1. The highest BCUT2D eigenvalue weighted by molar-refractivity contribution is 7.89. The quantitative estimate of drug-likeness (QED) is 0.618. The Hall–Kier alpha value is -2.27. The number of sulfonamides is 1. The first-order chi connectivity index (χ1) is 14.3. The fraction of sp³-hybridized carbons (Fsp3) is 0.400. The molecule has 1 amide bonds. The van der Waals surface area contributed by atoms with Crippen molar-refractivity contribution in [2.24, 2.45) is 0 Å². The van der Waals surface area contributed by atoms with Gasteiger partial charge in [0.05, 0.1) is 23.2 Å². The molecule has 1 aliphatic rings. The zero-order valence-electron chi connectivity index (χ0n) is 16.8. The minimum Gasteiger partial charge on any atom is -0.462 e. The van der Waals surface area contributed by atoms with Crippen LogP contribution in [0.2, 0.25) is 0 Å². The van der Waals surface area contributed by atoms with Crippen LogP contribution in [0.15, 0.2) is 40.6 Å². The number of anilines is 1. The summed E-state index contributed by atoms with van der Waals surface area (Å²) in [5.74, 6) is -0.954. The molecule has 1 aliphatic heterocycles. The lowest BCUT2D eigenvalue weighted by atomic mass is 10.2. The Bertz CT molecular complexity index is 995. The number of nitrogens with zero attached hydrogens (tertiary/aromatic N) is 1. The lowest BCUT2D eigenvalue weighted by molar-refractivity contribution is 0.0528. The van der Waals surface area contributed by atoms with E-state index in [1.165, 1.54) is 47.0 Å². The van der Waals surface area contributed by atoms with Crippen LogP contribution in [-0.4, -0.2) is 57.5 Å². The van der Waals surface area contributed by atoms with E-state index in [0.29, 0.717) is 18.2 Å². The van der Waals surface area contributed by atoms with Gasteiger partial charge < -0.3 is 14.8 Å². The fourth-order valence-corrected chi connectivity index (χ4v) is 5.05. The second-order valence-corrected chi connectivity index (χ2v) is 9.74. The number of carbonyl (C=O) groups excluding carboxylic acids is 2. The molecule has 1 aromatic heterocycles. The molecule has 0 spiro atoms. The van der Waals surface area contributed by atoms with E-state index in [4.69, 9.17) is 9.47 Å². The van der Waals surface area contributed by atoms with Crippen LogP contribution >= 0.6 is 11.3 Å². The molecule has 30 heavy (non-hydrogen) atoms. The number of esters is 1. The molecule has 3 rings (SSSR count). The number of amides is 1. The molecule has 2 aromatic rings. The zero-order valence-corrected chi connectivity index (χ0v) is 18.4. The van der Waals surface area contributed by atoms with E-state index in [1.54, 1.807) is 18.4 Å². The van der Waals surface area contributed by atoms with Gasteiger partial charge in [-0.05, 0) is 55.5 Å². The fourth-order valence-electron chi connectivity index (χ4n) is 3.08. The van der Waals surface area contributed by atoms with Crippen molar-refractivity contribution < 1.29 is 27.5 Å². The number of hydrogen-bond acceptors (Lipinski definition) is 7. The third-order valence-corrected chi connectivity index (χ3v) is 7.36. The van der Waals surface area contributed by atoms with E-state index < -0.39 is 21.9 Å². The van der Waals surface area contributed by atoms with E-state index >= 15 is 0 Å². The lowest BCUT2D eigenvalue weighted by Crippen LogP contribution is -2.34. The number of carbonyl (C=O) groups is 2. The van der Waals surface area contributed by atoms with Gasteiger partial charge in [-0.3, -0.25) is 4.79 Å². The third kappa shape index (κ3) is 5.07. The normalized spacial score (nSPS) is 16.6. The molecule has 0 bridgehead atoms. The predicted octanol–water partition coefficient (Wildman–Crippen LogP) is 2.98. The van der Waals surface area contributed by atoms with Gasteiger partial charge in [-0.2, -0.15) is 4.31 Å². The van der Waals surface area contributed by atoms with Crippen LogP contribution < -0.4 is 5.32 Å². The zero-order chi connectivity index (χ0) is 21.7. The van der Waals surface area contributed by atoms with Crippen LogP contribution in [0, 0.1) is 0 Å². The number of rotatable bonds is 8. The maximum atomic E-state index is 12.8. The van der Waals surface area contributed by atoms with Crippen molar-refractivity contribution in [1.82, 2.24) is 4.31 Å². The topological polar surface area (TPSA) is 102 Å².